The molecule has 1 heterocycles. The number of hydrogen-bond acceptors (Lipinski definition) is 8. The smallest absolute Gasteiger partial charge is 0.351 e. The van der Waals surface area contributed by atoms with Gasteiger partial charge < -0.3 is 24.3 Å². The van der Waals surface area contributed by atoms with Gasteiger partial charge in [-0.15, -0.1) is 11.8 Å². The molecule has 1 aliphatic rings. The summed E-state index contributed by atoms with van der Waals surface area (Å²) in [4.78, 5) is 24.4. The van der Waals surface area contributed by atoms with Crippen molar-refractivity contribution in [3.05, 3.63) is 28.8 Å². The van der Waals surface area contributed by atoms with Gasteiger partial charge in [0.25, 0.3) is 5.79 Å². The van der Waals surface area contributed by atoms with Crippen molar-refractivity contribution in [1.82, 2.24) is 0 Å². The number of methoxy groups -OCH3 is 2. The lowest BCUT2D eigenvalue weighted by Gasteiger charge is -2.30. The van der Waals surface area contributed by atoms with Crippen LogP contribution in [0.1, 0.15) is 13.8 Å². The molecule has 0 spiro atoms. The standard InChI is InChI=1S/C16H19NO6S/c1-16(2)22-14(18)12(15(19)23-16)13(24-5)17-10-8-9(20-3)6-7-11(10)21-4/h6-8,17H,1-5H3. The molecule has 1 aromatic rings. The Balaban J connectivity index is 2.42. The first-order valence-corrected chi connectivity index (χ1v) is 8.27. The molecule has 0 bridgehead atoms. The Kier molecular flexibility index (Phi) is 5.28. The van der Waals surface area contributed by atoms with Crippen LogP contribution >= 0.6 is 11.8 Å². The first-order chi connectivity index (χ1) is 11.3. The van der Waals surface area contributed by atoms with Crippen molar-refractivity contribution < 1.29 is 28.5 Å². The Morgan fingerprint density at radius 3 is 2.25 bits per heavy atom. The molecular formula is C16H19NO6S. The fraction of sp³-hybridized carbons (Fsp3) is 0.375. The molecule has 7 nitrogen and oxygen atoms in total. The van der Waals surface area contributed by atoms with Gasteiger partial charge in [-0.1, -0.05) is 0 Å². The van der Waals surface area contributed by atoms with Crippen molar-refractivity contribution >= 4 is 29.4 Å². The first kappa shape index (κ1) is 18.0. The van der Waals surface area contributed by atoms with Crippen LogP contribution in [0.3, 0.4) is 0 Å². The largest absolute Gasteiger partial charge is 0.497 e. The van der Waals surface area contributed by atoms with E-state index in [-0.39, 0.29) is 5.57 Å². The summed E-state index contributed by atoms with van der Waals surface area (Å²) in [7, 11) is 3.06. The molecule has 0 aromatic heterocycles. The average molecular weight is 353 g/mol. The third-order valence-corrected chi connectivity index (χ3v) is 3.89. The molecule has 1 fully saturated rings. The summed E-state index contributed by atoms with van der Waals surface area (Å²) in [6.45, 7) is 2.99. The number of rotatable bonds is 5. The number of cyclic esters (lactones) is 2. The molecule has 1 N–H and O–H groups in total. The first-order valence-electron chi connectivity index (χ1n) is 7.05. The van der Waals surface area contributed by atoms with E-state index in [2.05, 4.69) is 5.32 Å². The Bertz CT molecular complexity index is 676. The van der Waals surface area contributed by atoms with Gasteiger partial charge in [0.05, 0.1) is 24.9 Å². The molecule has 1 aromatic carbocycles. The van der Waals surface area contributed by atoms with Gasteiger partial charge >= 0.3 is 11.9 Å². The zero-order valence-corrected chi connectivity index (χ0v) is 14.9. The second-order valence-corrected chi connectivity index (χ2v) is 6.09. The number of anilines is 1. The summed E-state index contributed by atoms with van der Waals surface area (Å²) in [6, 6.07) is 5.14. The monoisotopic (exact) mass is 353 g/mol. The predicted octanol–water partition coefficient (Wildman–Crippen LogP) is 2.53. The van der Waals surface area contributed by atoms with E-state index in [4.69, 9.17) is 18.9 Å². The summed E-state index contributed by atoms with van der Waals surface area (Å²) >= 11 is 1.18. The summed E-state index contributed by atoms with van der Waals surface area (Å²) in [5, 5.41) is 3.31. The topological polar surface area (TPSA) is 83.1 Å². The highest BCUT2D eigenvalue weighted by atomic mass is 32.2. The fourth-order valence-corrected chi connectivity index (χ4v) is 2.67. The molecular weight excluding hydrogens is 334 g/mol. The van der Waals surface area contributed by atoms with Gasteiger partial charge in [0.15, 0.2) is 5.57 Å². The highest BCUT2D eigenvalue weighted by Gasteiger charge is 2.41. The minimum Gasteiger partial charge on any atom is -0.497 e. The van der Waals surface area contributed by atoms with Gasteiger partial charge in [-0.2, -0.15) is 0 Å². The lowest BCUT2D eigenvalue weighted by Crippen LogP contribution is -2.42. The van der Waals surface area contributed by atoms with Gasteiger partial charge in [-0.3, -0.25) is 0 Å². The van der Waals surface area contributed by atoms with Crippen LogP contribution in [0.4, 0.5) is 5.69 Å². The molecule has 24 heavy (non-hydrogen) atoms. The molecule has 0 aliphatic carbocycles. The van der Waals surface area contributed by atoms with Gasteiger partial charge in [-0.05, 0) is 18.4 Å². The molecule has 0 amide bonds. The van der Waals surface area contributed by atoms with E-state index in [0.717, 1.165) is 0 Å². The zero-order chi connectivity index (χ0) is 17.9. The Labute approximate surface area is 144 Å². The van der Waals surface area contributed by atoms with Gasteiger partial charge in [-0.25, -0.2) is 9.59 Å². The maximum absolute atomic E-state index is 12.2. The summed E-state index contributed by atoms with van der Waals surface area (Å²) in [6.07, 6.45) is 1.72. The van der Waals surface area contributed by atoms with E-state index in [1.807, 2.05) is 0 Å². The molecule has 8 heteroatoms. The van der Waals surface area contributed by atoms with Crippen LogP contribution in [0.15, 0.2) is 28.8 Å². The maximum Gasteiger partial charge on any atom is 0.351 e. The van der Waals surface area contributed by atoms with Crippen molar-refractivity contribution in [1.29, 1.82) is 0 Å². The maximum atomic E-state index is 12.2. The highest BCUT2D eigenvalue weighted by Crippen LogP contribution is 2.34. The Morgan fingerprint density at radius 1 is 1.12 bits per heavy atom. The molecule has 130 valence electrons. The normalized spacial score (nSPS) is 16.1. The van der Waals surface area contributed by atoms with Gasteiger partial charge in [0, 0.05) is 19.9 Å². The van der Waals surface area contributed by atoms with E-state index in [0.29, 0.717) is 22.2 Å². The second-order valence-electron chi connectivity index (χ2n) is 5.28. The second kappa shape index (κ2) is 7.04. The zero-order valence-electron chi connectivity index (χ0n) is 14.1. The Morgan fingerprint density at radius 2 is 1.75 bits per heavy atom. The van der Waals surface area contributed by atoms with Crippen LogP contribution in [0.5, 0.6) is 11.5 Å². The number of carbonyl (C=O) groups is 2. The molecule has 0 unspecified atom stereocenters. The van der Waals surface area contributed by atoms with Crippen molar-refractivity contribution in [3.63, 3.8) is 0 Å². The minimum atomic E-state index is -1.28. The third kappa shape index (κ3) is 3.76. The van der Waals surface area contributed by atoms with Crippen LogP contribution in [0, 0.1) is 0 Å². The van der Waals surface area contributed by atoms with Crippen LogP contribution < -0.4 is 14.8 Å². The van der Waals surface area contributed by atoms with Crippen molar-refractivity contribution in [2.75, 3.05) is 25.8 Å². The van der Waals surface area contributed by atoms with E-state index in [1.165, 1.54) is 39.8 Å². The molecule has 2 rings (SSSR count). The number of thioether (sulfide) groups is 1. The molecule has 1 aliphatic heterocycles. The lowest BCUT2D eigenvalue weighted by molar-refractivity contribution is -0.222. The van der Waals surface area contributed by atoms with Crippen molar-refractivity contribution in [3.8, 4) is 11.5 Å². The number of ether oxygens (including phenoxy) is 4. The highest BCUT2D eigenvalue weighted by molar-refractivity contribution is 8.02. The van der Waals surface area contributed by atoms with E-state index in [1.54, 1.807) is 24.5 Å². The van der Waals surface area contributed by atoms with E-state index < -0.39 is 17.7 Å². The van der Waals surface area contributed by atoms with Crippen molar-refractivity contribution in [2.45, 2.75) is 19.6 Å². The average Bonchev–Trinajstić information content (AvgIpc) is 2.51. The minimum absolute atomic E-state index is 0.188. The number of benzene rings is 1. The van der Waals surface area contributed by atoms with E-state index >= 15 is 0 Å². The predicted molar refractivity (Wildman–Crippen MR) is 90.0 cm³/mol. The number of hydrogen-bond donors (Lipinski definition) is 1. The number of carbonyl (C=O) groups excluding carboxylic acids is 2. The van der Waals surface area contributed by atoms with Gasteiger partial charge in [0.2, 0.25) is 0 Å². The molecule has 0 saturated carbocycles. The Hall–Kier alpha value is -2.35. The summed E-state index contributed by atoms with van der Waals surface area (Å²) < 4.78 is 20.7. The van der Waals surface area contributed by atoms with Crippen LogP contribution in [0.2, 0.25) is 0 Å². The van der Waals surface area contributed by atoms with Crippen LogP contribution in [-0.2, 0) is 19.1 Å². The fourth-order valence-electron chi connectivity index (χ4n) is 2.09. The quantitative estimate of drug-likeness (QED) is 0.491. The SMILES string of the molecule is COc1ccc(OC)c(NC(SC)=C2C(=O)OC(C)(C)OC2=O)c1. The van der Waals surface area contributed by atoms with Gasteiger partial charge in [0.1, 0.15) is 11.5 Å². The molecule has 0 atom stereocenters. The van der Waals surface area contributed by atoms with Crippen LogP contribution in [-0.4, -0.2) is 38.2 Å². The summed E-state index contributed by atoms with van der Waals surface area (Å²) in [5.74, 6) is -1.64. The lowest BCUT2D eigenvalue weighted by atomic mass is 10.2. The molecule has 0 radical (unpaired) electrons. The van der Waals surface area contributed by atoms with E-state index in [9.17, 15) is 9.59 Å². The molecule has 1 saturated heterocycles. The summed E-state index contributed by atoms with van der Waals surface area (Å²) in [5.41, 5.74) is 0.353. The number of nitrogens with one attached hydrogen (secondary N) is 1. The third-order valence-electron chi connectivity index (χ3n) is 3.17. The van der Waals surface area contributed by atoms with Crippen LogP contribution in [0.25, 0.3) is 0 Å². The van der Waals surface area contributed by atoms with Crippen molar-refractivity contribution in [2.24, 2.45) is 0 Å². The number of esters is 2.